The Hall–Kier alpha value is -2.25. The highest BCUT2D eigenvalue weighted by Crippen LogP contribution is 2.20. The van der Waals surface area contributed by atoms with Crippen LogP contribution in [0, 0.1) is 6.92 Å². The molecule has 0 amide bonds. The summed E-state index contributed by atoms with van der Waals surface area (Å²) in [6.45, 7) is 3.20. The minimum Gasteiger partial charge on any atom is -0.261 e. The number of sulfonamides is 1. The van der Waals surface area contributed by atoms with Crippen LogP contribution in [-0.2, 0) is 10.0 Å². The molecule has 0 saturated carbocycles. The van der Waals surface area contributed by atoms with Gasteiger partial charge in [0.25, 0.3) is 0 Å². The average Bonchev–Trinajstić information content (AvgIpc) is 2.64. The van der Waals surface area contributed by atoms with Gasteiger partial charge in [0.05, 0.1) is 6.21 Å². The smallest absolute Gasteiger partial charge is 0.244 e. The second kappa shape index (κ2) is 7.76. The molecule has 2 heterocycles. The van der Waals surface area contributed by atoms with E-state index in [9.17, 15) is 8.42 Å². The quantitative estimate of drug-likeness (QED) is 0.658. The Morgan fingerprint density at radius 3 is 2.44 bits per heavy atom. The monoisotopic (exact) mass is 358 g/mol. The first-order chi connectivity index (χ1) is 12.1. The van der Waals surface area contributed by atoms with Crippen molar-refractivity contribution in [3.05, 3.63) is 53.7 Å². The Kier molecular flexibility index (Phi) is 5.45. The van der Waals surface area contributed by atoms with Crippen molar-refractivity contribution in [3.8, 4) is 0 Å². The summed E-state index contributed by atoms with van der Waals surface area (Å²) in [5.41, 5.74) is 4.98. The first-order valence-electron chi connectivity index (χ1n) is 8.38. The Morgan fingerprint density at radius 1 is 1.08 bits per heavy atom. The fourth-order valence-electron chi connectivity index (χ4n) is 2.68. The maximum absolute atomic E-state index is 12.6. The molecule has 1 aromatic carbocycles. The number of piperidine rings is 1. The van der Waals surface area contributed by atoms with Gasteiger partial charge in [-0.05, 0) is 37.5 Å². The molecule has 1 N–H and O–H groups in total. The van der Waals surface area contributed by atoms with Gasteiger partial charge in [0.2, 0.25) is 10.0 Å². The van der Waals surface area contributed by atoms with Gasteiger partial charge in [-0.1, -0.05) is 36.2 Å². The first-order valence-corrected chi connectivity index (χ1v) is 9.82. The van der Waals surface area contributed by atoms with Crippen molar-refractivity contribution in [2.75, 3.05) is 18.5 Å². The number of aryl methyl sites for hydroxylation is 1. The maximum Gasteiger partial charge on any atom is 0.244 e. The van der Waals surface area contributed by atoms with Crippen LogP contribution in [0.15, 0.2) is 52.6 Å². The molecule has 0 spiro atoms. The molecule has 3 rings (SSSR count). The number of aromatic nitrogens is 1. The molecule has 132 valence electrons. The van der Waals surface area contributed by atoms with Gasteiger partial charge >= 0.3 is 0 Å². The van der Waals surface area contributed by atoms with Crippen molar-refractivity contribution in [1.29, 1.82) is 0 Å². The molecule has 0 bridgehead atoms. The molecule has 1 fully saturated rings. The van der Waals surface area contributed by atoms with E-state index >= 15 is 0 Å². The molecule has 0 atom stereocenters. The Morgan fingerprint density at radius 2 is 1.80 bits per heavy atom. The van der Waals surface area contributed by atoms with Crippen LogP contribution < -0.4 is 5.43 Å². The fourth-order valence-corrected chi connectivity index (χ4v) is 4.14. The number of hydrogen-bond acceptors (Lipinski definition) is 5. The van der Waals surface area contributed by atoms with E-state index in [0.717, 1.165) is 24.8 Å². The number of benzene rings is 1. The molecule has 0 unspecified atom stereocenters. The number of rotatable bonds is 5. The van der Waals surface area contributed by atoms with Gasteiger partial charge in [-0.2, -0.15) is 9.41 Å². The first kappa shape index (κ1) is 17.6. The zero-order valence-electron chi connectivity index (χ0n) is 14.2. The molecule has 1 saturated heterocycles. The lowest BCUT2D eigenvalue weighted by molar-refractivity contribution is 0.346. The highest BCUT2D eigenvalue weighted by atomic mass is 32.2. The van der Waals surface area contributed by atoms with E-state index < -0.39 is 10.0 Å². The van der Waals surface area contributed by atoms with Crippen LogP contribution in [0.3, 0.4) is 0 Å². The fraction of sp³-hybridized carbons (Fsp3) is 0.333. The second-order valence-electron chi connectivity index (χ2n) is 6.12. The number of nitrogens with one attached hydrogen (secondary N) is 1. The standard InChI is InChI=1S/C18H22N4O2S/c1-15-5-7-16(8-6-15)13-20-21-18-10-9-17(14-19-18)25(23,24)22-11-3-2-4-12-22/h5-10,13-14H,2-4,11-12H2,1H3,(H,19,21)/b20-13+. The summed E-state index contributed by atoms with van der Waals surface area (Å²) in [6.07, 6.45) is 6.00. The summed E-state index contributed by atoms with van der Waals surface area (Å²) in [7, 11) is -3.44. The summed E-state index contributed by atoms with van der Waals surface area (Å²) in [4.78, 5) is 4.38. The molecule has 1 aromatic heterocycles. The normalized spacial score (nSPS) is 16.2. The van der Waals surface area contributed by atoms with Crippen LogP contribution in [0.1, 0.15) is 30.4 Å². The van der Waals surface area contributed by atoms with E-state index in [-0.39, 0.29) is 4.90 Å². The van der Waals surface area contributed by atoms with Crippen LogP contribution in [0.2, 0.25) is 0 Å². The molecule has 1 aliphatic rings. The SMILES string of the molecule is Cc1ccc(/C=N/Nc2ccc(S(=O)(=O)N3CCCCC3)cn2)cc1. The van der Waals surface area contributed by atoms with Crippen molar-refractivity contribution in [2.45, 2.75) is 31.1 Å². The molecule has 7 heteroatoms. The molecule has 2 aromatic rings. The van der Waals surface area contributed by atoms with Crippen LogP contribution >= 0.6 is 0 Å². The van der Waals surface area contributed by atoms with Crippen LogP contribution in [0.25, 0.3) is 0 Å². The maximum atomic E-state index is 12.6. The van der Waals surface area contributed by atoms with Crippen molar-refractivity contribution >= 4 is 22.1 Å². The third-order valence-corrected chi connectivity index (χ3v) is 6.04. The largest absolute Gasteiger partial charge is 0.261 e. The van der Waals surface area contributed by atoms with Crippen molar-refractivity contribution in [3.63, 3.8) is 0 Å². The topological polar surface area (TPSA) is 74.7 Å². The molecule has 25 heavy (non-hydrogen) atoms. The summed E-state index contributed by atoms with van der Waals surface area (Å²) >= 11 is 0. The average molecular weight is 358 g/mol. The number of hydrogen-bond donors (Lipinski definition) is 1. The van der Waals surface area contributed by atoms with Gasteiger partial charge in [-0.3, -0.25) is 5.43 Å². The van der Waals surface area contributed by atoms with Gasteiger partial charge < -0.3 is 0 Å². The zero-order chi connectivity index (χ0) is 17.7. The van der Waals surface area contributed by atoms with Crippen molar-refractivity contribution in [2.24, 2.45) is 5.10 Å². The third kappa shape index (κ3) is 4.43. The number of nitrogens with zero attached hydrogens (tertiary/aromatic N) is 3. The zero-order valence-corrected chi connectivity index (χ0v) is 15.0. The van der Waals surface area contributed by atoms with E-state index in [2.05, 4.69) is 15.5 Å². The highest BCUT2D eigenvalue weighted by molar-refractivity contribution is 7.89. The van der Waals surface area contributed by atoms with E-state index in [1.54, 1.807) is 18.3 Å². The highest BCUT2D eigenvalue weighted by Gasteiger charge is 2.25. The number of anilines is 1. The van der Waals surface area contributed by atoms with Gasteiger partial charge in [-0.25, -0.2) is 13.4 Å². The second-order valence-corrected chi connectivity index (χ2v) is 8.06. The lowest BCUT2D eigenvalue weighted by Crippen LogP contribution is -2.35. The van der Waals surface area contributed by atoms with E-state index in [1.165, 1.54) is 16.1 Å². The summed E-state index contributed by atoms with van der Waals surface area (Å²) in [5, 5.41) is 4.13. The van der Waals surface area contributed by atoms with Crippen LogP contribution in [0.4, 0.5) is 5.82 Å². The van der Waals surface area contributed by atoms with Gasteiger partial charge in [0.1, 0.15) is 10.7 Å². The Labute approximate surface area is 148 Å². The molecular weight excluding hydrogens is 336 g/mol. The number of hydrazone groups is 1. The lowest BCUT2D eigenvalue weighted by Gasteiger charge is -2.25. The molecule has 1 aliphatic heterocycles. The van der Waals surface area contributed by atoms with Crippen molar-refractivity contribution in [1.82, 2.24) is 9.29 Å². The Balaban J connectivity index is 1.64. The van der Waals surface area contributed by atoms with E-state index in [0.29, 0.717) is 18.9 Å². The predicted molar refractivity (Wildman–Crippen MR) is 99.2 cm³/mol. The van der Waals surface area contributed by atoms with Crippen LogP contribution in [-0.4, -0.2) is 37.0 Å². The molecule has 0 aliphatic carbocycles. The summed E-state index contributed by atoms with van der Waals surface area (Å²) in [6, 6.07) is 11.2. The van der Waals surface area contributed by atoms with Crippen molar-refractivity contribution < 1.29 is 8.42 Å². The van der Waals surface area contributed by atoms with Crippen LogP contribution in [0.5, 0.6) is 0 Å². The van der Waals surface area contributed by atoms with Gasteiger partial charge in [-0.15, -0.1) is 0 Å². The van der Waals surface area contributed by atoms with Gasteiger partial charge in [0.15, 0.2) is 0 Å². The molecule has 6 nitrogen and oxygen atoms in total. The van der Waals surface area contributed by atoms with Gasteiger partial charge in [0, 0.05) is 19.3 Å². The summed E-state index contributed by atoms with van der Waals surface area (Å²) < 4.78 is 26.7. The molecule has 0 radical (unpaired) electrons. The minimum absolute atomic E-state index is 0.225. The minimum atomic E-state index is -3.44. The third-order valence-electron chi connectivity index (χ3n) is 4.16. The van der Waals surface area contributed by atoms with E-state index in [1.807, 2.05) is 31.2 Å². The van der Waals surface area contributed by atoms with E-state index in [4.69, 9.17) is 0 Å². The predicted octanol–water partition coefficient (Wildman–Crippen LogP) is 3.01. The lowest BCUT2D eigenvalue weighted by atomic mass is 10.2. The molecular formula is C18H22N4O2S. The summed E-state index contributed by atoms with van der Waals surface area (Å²) in [5.74, 6) is 0.501. The Bertz CT molecular complexity index is 824. The number of pyridine rings is 1.